The quantitative estimate of drug-likeness (QED) is 0.547. The van der Waals surface area contributed by atoms with Crippen molar-refractivity contribution >= 4 is 22.3 Å². The van der Waals surface area contributed by atoms with Gasteiger partial charge in [-0.25, -0.2) is 15.0 Å². The van der Waals surface area contributed by atoms with Crippen LogP contribution in [0.1, 0.15) is 26.3 Å². The molecule has 5 nitrogen and oxygen atoms in total. The number of methoxy groups -OCH3 is 1. The van der Waals surface area contributed by atoms with E-state index in [2.05, 4.69) is 18.4 Å². The van der Waals surface area contributed by atoms with Gasteiger partial charge < -0.3 is 9.30 Å². The molecule has 126 valence electrons. The molecule has 0 aliphatic heterocycles. The first-order chi connectivity index (χ1) is 12.2. The van der Waals surface area contributed by atoms with E-state index in [0.29, 0.717) is 5.65 Å². The van der Waals surface area contributed by atoms with E-state index in [1.165, 1.54) is 0 Å². The molecule has 1 atom stereocenters. The van der Waals surface area contributed by atoms with Crippen LogP contribution < -0.4 is 4.74 Å². The highest BCUT2D eigenvalue weighted by molar-refractivity contribution is 5.85. The largest absolute Gasteiger partial charge is 0.497 e. The molecule has 5 heteroatoms. The smallest absolute Gasteiger partial charge is 0.198 e. The van der Waals surface area contributed by atoms with Crippen molar-refractivity contribution in [1.29, 1.82) is 0 Å². The van der Waals surface area contributed by atoms with Gasteiger partial charge in [0, 0.05) is 11.6 Å². The molecule has 25 heavy (non-hydrogen) atoms. The maximum Gasteiger partial charge on any atom is 0.198 e. The number of hydrogen-bond acceptors (Lipinski definition) is 4. The Morgan fingerprint density at radius 1 is 0.960 bits per heavy atom. The van der Waals surface area contributed by atoms with Crippen LogP contribution >= 0.6 is 0 Å². The second kappa shape index (κ2) is 6.16. The summed E-state index contributed by atoms with van der Waals surface area (Å²) < 4.78 is 7.45. The van der Waals surface area contributed by atoms with Crippen molar-refractivity contribution in [2.75, 3.05) is 7.11 Å². The van der Waals surface area contributed by atoms with Crippen LogP contribution in [0.4, 0.5) is 0 Å². The molecule has 0 bridgehead atoms. The third-order valence-corrected chi connectivity index (χ3v) is 4.58. The van der Waals surface area contributed by atoms with Crippen LogP contribution in [0.15, 0.2) is 48.5 Å². The minimum atomic E-state index is 0.276. The lowest BCUT2D eigenvalue weighted by Crippen LogP contribution is -2.07. The zero-order valence-electron chi connectivity index (χ0n) is 14.6. The van der Waals surface area contributed by atoms with Crippen LogP contribution in [0.5, 0.6) is 5.75 Å². The van der Waals surface area contributed by atoms with E-state index >= 15 is 0 Å². The van der Waals surface area contributed by atoms with Gasteiger partial charge in [0.1, 0.15) is 11.6 Å². The van der Waals surface area contributed by atoms with Crippen LogP contribution in [0, 0.1) is 0 Å². The summed E-state index contributed by atoms with van der Waals surface area (Å²) in [4.78, 5) is 14.4. The Balaban J connectivity index is 1.99. The van der Waals surface area contributed by atoms with Crippen molar-refractivity contribution in [2.24, 2.45) is 0 Å². The van der Waals surface area contributed by atoms with Crippen LogP contribution in [-0.4, -0.2) is 26.6 Å². The van der Waals surface area contributed by atoms with E-state index in [1.807, 2.05) is 48.5 Å². The highest BCUT2D eigenvalue weighted by atomic mass is 16.5. The van der Waals surface area contributed by atoms with Crippen LogP contribution in [-0.2, 0) is 0 Å². The molecule has 1 unspecified atom stereocenters. The molecule has 0 aliphatic rings. The number of fused-ring (bicyclic) bond motifs is 2. The SMILES string of the molecule is CCC(C)n1c(-c2ccc(OC)cc2)nc2nc3ccccc3nc21. The highest BCUT2D eigenvalue weighted by Crippen LogP contribution is 2.30. The summed E-state index contributed by atoms with van der Waals surface area (Å²) in [5.74, 6) is 1.72. The standard InChI is InChI=1S/C20H20N4O/c1-4-13(2)24-19(14-9-11-15(25-3)12-10-14)23-18-20(24)22-17-8-6-5-7-16(17)21-18/h5-13H,4H2,1-3H3. The van der Waals surface area contributed by atoms with Crippen LogP contribution in [0.3, 0.4) is 0 Å². The van der Waals surface area contributed by atoms with Gasteiger partial charge in [-0.1, -0.05) is 19.1 Å². The maximum atomic E-state index is 5.26. The molecule has 0 aliphatic carbocycles. The van der Waals surface area contributed by atoms with E-state index in [1.54, 1.807) is 7.11 Å². The van der Waals surface area contributed by atoms with Gasteiger partial charge >= 0.3 is 0 Å². The van der Waals surface area contributed by atoms with Crippen molar-refractivity contribution in [3.8, 4) is 17.1 Å². The summed E-state index contributed by atoms with van der Waals surface area (Å²) in [6.45, 7) is 4.35. The zero-order valence-corrected chi connectivity index (χ0v) is 14.6. The van der Waals surface area contributed by atoms with E-state index in [0.717, 1.165) is 40.2 Å². The number of ether oxygens (including phenoxy) is 1. The minimum absolute atomic E-state index is 0.276. The number of imidazole rings is 1. The number of benzene rings is 2. The highest BCUT2D eigenvalue weighted by Gasteiger charge is 2.19. The first kappa shape index (κ1) is 15.6. The summed E-state index contributed by atoms with van der Waals surface area (Å²) in [6, 6.07) is 16.1. The van der Waals surface area contributed by atoms with Crippen molar-refractivity contribution in [1.82, 2.24) is 19.5 Å². The first-order valence-corrected chi connectivity index (χ1v) is 8.50. The van der Waals surface area contributed by atoms with Gasteiger partial charge in [0.15, 0.2) is 11.3 Å². The molecule has 2 aromatic heterocycles. The summed E-state index contributed by atoms with van der Waals surface area (Å²) in [6.07, 6.45) is 0.989. The van der Waals surface area contributed by atoms with Gasteiger partial charge in [-0.2, -0.15) is 0 Å². The summed E-state index contributed by atoms with van der Waals surface area (Å²) >= 11 is 0. The minimum Gasteiger partial charge on any atom is -0.497 e. The Hall–Kier alpha value is -2.95. The molecule has 2 heterocycles. The fourth-order valence-electron chi connectivity index (χ4n) is 3.02. The van der Waals surface area contributed by atoms with E-state index < -0.39 is 0 Å². The summed E-state index contributed by atoms with van der Waals surface area (Å²) in [7, 11) is 1.67. The predicted molar refractivity (Wildman–Crippen MR) is 99.8 cm³/mol. The molecule has 0 saturated carbocycles. The fraction of sp³-hybridized carbons (Fsp3) is 0.250. The number of para-hydroxylation sites is 2. The van der Waals surface area contributed by atoms with Gasteiger partial charge in [0.2, 0.25) is 0 Å². The maximum absolute atomic E-state index is 5.26. The van der Waals surface area contributed by atoms with Crippen molar-refractivity contribution < 1.29 is 4.74 Å². The number of rotatable bonds is 4. The Labute approximate surface area is 146 Å². The van der Waals surface area contributed by atoms with E-state index in [-0.39, 0.29) is 6.04 Å². The van der Waals surface area contributed by atoms with E-state index in [9.17, 15) is 0 Å². The predicted octanol–water partition coefficient (Wildman–Crippen LogP) is 4.63. The Bertz CT molecular complexity index is 1040. The molecular formula is C20H20N4O. The molecule has 0 amide bonds. The average molecular weight is 332 g/mol. The van der Waals surface area contributed by atoms with Gasteiger partial charge in [-0.05, 0) is 49.7 Å². The molecule has 4 aromatic rings. The van der Waals surface area contributed by atoms with Crippen molar-refractivity contribution in [3.05, 3.63) is 48.5 Å². The van der Waals surface area contributed by atoms with Gasteiger partial charge in [-0.3, -0.25) is 0 Å². The van der Waals surface area contributed by atoms with Crippen molar-refractivity contribution in [3.63, 3.8) is 0 Å². The lowest BCUT2D eigenvalue weighted by Gasteiger charge is -2.15. The van der Waals surface area contributed by atoms with E-state index in [4.69, 9.17) is 19.7 Å². The molecule has 0 radical (unpaired) electrons. The molecule has 0 N–H and O–H groups in total. The topological polar surface area (TPSA) is 52.8 Å². The van der Waals surface area contributed by atoms with Gasteiger partial charge in [0.25, 0.3) is 0 Å². The third-order valence-electron chi connectivity index (χ3n) is 4.58. The fourth-order valence-corrected chi connectivity index (χ4v) is 3.02. The second-order valence-electron chi connectivity index (χ2n) is 6.15. The van der Waals surface area contributed by atoms with Crippen LogP contribution in [0.25, 0.3) is 33.7 Å². The molecule has 0 spiro atoms. The summed E-state index contributed by atoms with van der Waals surface area (Å²) in [5, 5.41) is 0. The molecule has 0 fully saturated rings. The number of nitrogens with zero attached hydrogens (tertiary/aromatic N) is 4. The molecule has 4 rings (SSSR count). The third kappa shape index (κ3) is 2.61. The average Bonchev–Trinajstić information content (AvgIpc) is 3.03. The molecular weight excluding hydrogens is 312 g/mol. The monoisotopic (exact) mass is 332 g/mol. The molecule has 2 aromatic carbocycles. The Morgan fingerprint density at radius 2 is 1.64 bits per heavy atom. The normalized spacial score (nSPS) is 12.6. The summed E-state index contributed by atoms with van der Waals surface area (Å²) in [5.41, 5.74) is 4.31. The van der Waals surface area contributed by atoms with Gasteiger partial charge in [-0.15, -0.1) is 0 Å². The molecule has 0 saturated heterocycles. The first-order valence-electron chi connectivity index (χ1n) is 8.50. The lowest BCUT2D eigenvalue weighted by atomic mass is 10.2. The zero-order chi connectivity index (χ0) is 17.4. The Kier molecular flexibility index (Phi) is 3.84. The Morgan fingerprint density at radius 3 is 2.28 bits per heavy atom. The second-order valence-corrected chi connectivity index (χ2v) is 6.15. The van der Waals surface area contributed by atoms with Crippen LogP contribution in [0.2, 0.25) is 0 Å². The number of aromatic nitrogens is 4. The number of hydrogen-bond donors (Lipinski definition) is 0. The lowest BCUT2D eigenvalue weighted by molar-refractivity contribution is 0.415. The van der Waals surface area contributed by atoms with Gasteiger partial charge in [0.05, 0.1) is 18.1 Å². The van der Waals surface area contributed by atoms with Crippen molar-refractivity contribution in [2.45, 2.75) is 26.3 Å².